The number of amides is 1. The smallest absolute Gasteiger partial charge is 0.412 e. The summed E-state index contributed by atoms with van der Waals surface area (Å²) in [5.74, 6) is -0.762. The lowest BCUT2D eigenvalue weighted by Crippen LogP contribution is -2.47. The number of hydrogen-bond acceptors (Lipinski definition) is 6. The molecule has 2 heterocycles. The molecule has 0 bridgehead atoms. The Morgan fingerprint density at radius 1 is 1.11 bits per heavy atom. The van der Waals surface area contributed by atoms with E-state index in [4.69, 9.17) is 13.9 Å². The fourth-order valence-electron chi connectivity index (χ4n) is 3.52. The number of aryl methyl sites for hydroxylation is 1. The van der Waals surface area contributed by atoms with Gasteiger partial charge in [-0.1, -0.05) is 20.8 Å². The molecule has 0 fully saturated rings. The van der Waals surface area contributed by atoms with E-state index in [-0.39, 0.29) is 10.6 Å². The second-order valence-electron chi connectivity index (χ2n) is 12.0. The number of carboxylic acids is 1. The van der Waals surface area contributed by atoms with E-state index in [2.05, 4.69) is 44.3 Å². The fourth-order valence-corrected chi connectivity index (χ4v) is 5.31. The lowest BCUT2D eigenvalue weighted by atomic mass is 10.00. The van der Waals surface area contributed by atoms with Crippen molar-refractivity contribution in [3.63, 3.8) is 0 Å². The average Bonchev–Trinajstić information content (AvgIpc) is 3.00. The third kappa shape index (κ3) is 7.20. The first-order valence-electron chi connectivity index (χ1n) is 11.8. The molecule has 0 aliphatic heterocycles. The minimum absolute atomic E-state index is 0.0632. The number of methoxy groups -OCH3 is 1. The number of aromatic carboxylic acids is 1. The summed E-state index contributed by atoms with van der Waals surface area (Å²) in [5.41, 5.74) is 0.0445. The molecule has 0 aliphatic rings. The molecule has 9 nitrogen and oxygen atoms in total. The van der Waals surface area contributed by atoms with Gasteiger partial charge in [-0.3, -0.25) is 5.32 Å². The zero-order valence-electron chi connectivity index (χ0n) is 23.0. The summed E-state index contributed by atoms with van der Waals surface area (Å²) in [5, 5.41) is 17.3. The minimum atomic E-state index is -2.01. The van der Waals surface area contributed by atoms with Crippen LogP contribution in [-0.2, 0) is 15.6 Å². The van der Waals surface area contributed by atoms with E-state index in [0.29, 0.717) is 35.5 Å². The summed E-state index contributed by atoms with van der Waals surface area (Å²) >= 11 is 0. The normalized spacial score (nSPS) is 13.1. The van der Waals surface area contributed by atoms with Crippen LogP contribution >= 0.6 is 0 Å². The fraction of sp³-hybridized carbons (Fsp3) is 0.640. The predicted molar refractivity (Wildman–Crippen MR) is 139 cm³/mol. The van der Waals surface area contributed by atoms with Crippen LogP contribution in [-0.4, -0.2) is 53.4 Å². The van der Waals surface area contributed by atoms with Crippen molar-refractivity contribution in [2.24, 2.45) is 0 Å². The van der Waals surface area contributed by atoms with Crippen LogP contribution in [0.5, 0.6) is 5.75 Å². The monoisotopic (exact) mass is 507 g/mol. The zero-order valence-corrected chi connectivity index (χ0v) is 24.0. The first-order valence-corrected chi connectivity index (χ1v) is 14.7. The number of nitrogens with one attached hydrogen (secondary N) is 1. The van der Waals surface area contributed by atoms with E-state index in [9.17, 15) is 14.7 Å². The van der Waals surface area contributed by atoms with Gasteiger partial charge in [-0.2, -0.15) is 5.10 Å². The summed E-state index contributed by atoms with van der Waals surface area (Å²) in [6.45, 7) is 20.3. The topological polar surface area (TPSA) is 111 Å². The second kappa shape index (κ2) is 9.81. The Labute approximate surface area is 209 Å². The molecule has 10 heteroatoms. The molecular weight excluding hydrogens is 466 g/mol. The van der Waals surface area contributed by atoms with E-state index in [0.717, 1.165) is 0 Å². The minimum Gasteiger partial charge on any atom is -0.493 e. The number of rotatable bonds is 8. The third-order valence-corrected chi connectivity index (χ3v) is 10.9. The molecule has 2 aromatic rings. The van der Waals surface area contributed by atoms with Crippen LogP contribution in [0, 0.1) is 0 Å². The molecule has 0 aliphatic carbocycles. The van der Waals surface area contributed by atoms with Crippen molar-refractivity contribution in [3.05, 3.63) is 23.5 Å². The van der Waals surface area contributed by atoms with E-state index in [1.807, 2.05) is 13.8 Å². The van der Waals surface area contributed by atoms with Gasteiger partial charge in [-0.25, -0.2) is 14.1 Å². The van der Waals surface area contributed by atoms with Crippen molar-refractivity contribution in [1.29, 1.82) is 0 Å². The van der Waals surface area contributed by atoms with Gasteiger partial charge in [0, 0.05) is 0 Å². The number of anilines is 1. The third-order valence-electron chi connectivity index (χ3n) is 6.18. The highest BCUT2D eigenvalue weighted by Gasteiger charge is 2.41. The highest BCUT2D eigenvalue weighted by atomic mass is 28.4. The van der Waals surface area contributed by atoms with Crippen molar-refractivity contribution in [1.82, 2.24) is 9.61 Å². The molecule has 2 rings (SSSR count). The first kappa shape index (κ1) is 28.6. The maximum absolute atomic E-state index is 12.3. The number of aromatic nitrogens is 2. The maximum atomic E-state index is 12.3. The largest absolute Gasteiger partial charge is 0.493 e. The average molecular weight is 508 g/mol. The molecule has 2 N–H and O–H groups in total. The highest BCUT2D eigenvalue weighted by molar-refractivity contribution is 6.74. The standard InChI is InChI=1S/C25H41N3O6Si/c1-23(2,3)33-22(31)26-17-14-18-20(21(29)30)16(27-28(18)15-19(17)32-9)12-13-25(7,8)34-35(10,11)24(4,5)6/h14-15H,12-13H2,1-11H3,(H,26,31)(H,29,30). The van der Waals surface area contributed by atoms with Crippen LogP contribution in [0.25, 0.3) is 5.52 Å². The molecular formula is C25H41N3O6Si. The van der Waals surface area contributed by atoms with Crippen LogP contribution in [0.15, 0.2) is 12.3 Å². The summed E-state index contributed by atoms with van der Waals surface area (Å²) in [6, 6.07) is 1.54. The van der Waals surface area contributed by atoms with E-state index >= 15 is 0 Å². The Balaban J connectivity index is 2.40. The Bertz CT molecular complexity index is 1090. The molecule has 0 saturated heterocycles. The lowest BCUT2D eigenvalue weighted by Gasteiger charge is -2.42. The zero-order chi connectivity index (χ0) is 27.0. The lowest BCUT2D eigenvalue weighted by molar-refractivity contribution is 0.0633. The van der Waals surface area contributed by atoms with Crippen LogP contribution < -0.4 is 10.1 Å². The first-order chi connectivity index (χ1) is 15.8. The molecule has 0 spiro atoms. The van der Waals surface area contributed by atoms with Crippen molar-refractivity contribution >= 4 is 31.6 Å². The predicted octanol–water partition coefficient (Wildman–Crippen LogP) is 6.12. The van der Waals surface area contributed by atoms with Gasteiger partial charge >= 0.3 is 12.1 Å². The SMILES string of the molecule is COc1cn2nc(CCC(C)(C)O[Si](C)(C)C(C)(C)C)c(C(=O)O)c2cc1NC(=O)OC(C)(C)C. The Hall–Kier alpha value is -2.59. The van der Waals surface area contributed by atoms with Crippen LogP contribution in [0.4, 0.5) is 10.5 Å². The van der Waals surface area contributed by atoms with Gasteiger partial charge in [0.2, 0.25) is 0 Å². The Kier molecular flexibility index (Phi) is 8.03. The molecule has 2 aromatic heterocycles. The number of fused-ring (bicyclic) bond motifs is 1. The molecule has 35 heavy (non-hydrogen) atoms. The van der Waals surface area contributed by atoms with E-state index in [1.165, 1.54) is 11.6 Å². The summed E-state index contributed by atoms with van der Waals surface area (Å²) in [4.78, 5) is 24.6. The molecule has 0 saturated carbocycles. The highest BCUT2D eigenvalue weighted by Crippen LogP contribution is 2.40. The number of pyridine rings is 1. The van der Waals surface area contributed by atoms with Gasteiger partial charge < -0.3 is 19.0 Å². The quantitative estimate of drug-likeness (QED) is 0.414. The van der Waals surface area contributed by atoms with Gasteiger partial charge in [0.05, 0.1) is 35.8 Å². The summed E-state index contributed by atoms with van der Waals surface area (Å²) in [7, 11) is -0.546. The Morgan fingerprint density at radius 2 is 1.71 bits per heavy atom. The maximum Gasteiger partial charge on any atom is 0.412 e. The number of carbonyl (C=O) groups excluding carboxylic acids is 1. The van der Waals surface area contributed by atoms with Crippen molar-refractivity contribution in [2.45, 2.75) is 97.6 Å². The van der Waals surface area contributed by atoms with Gasteiger partial charge in [-0.05, 0) is 71.7 Å². The van der Waals surface area contributed by atoms with Crippen molar-refractivity contribution in [2.75, 3.05) is 12.4 Å². The van der Waals surface area contributed by atoms with Crippen molar-refractivity contribution < 1.29 is 28.6 Å². The number of hydrogen-bond donors (Lipinski definition) is 2. The molecule has 0 aromatic carbocycles. The number of nitrogens with zero attached hydrogens (tertiary/aromatic N) is 2. The Morgan fingerprint density at radius 3 is 2.20 bits per heavy atom. The molecule has 0 atom stereocenters. The molecule has 0 radical (unpaired) electrons. The van der Waals surface area contributed by atoms with Gasteiger partial charge in [0.15, 0.2) is 14.1 Å². The molecule has 196 valence electrons. The molecule has 0 unspecified atom stereocenters. The molecule has 1 amide bonds. The van der Waals surface area contributed by atoms with E-state index in [1.54, 1.807) is 33.0 Å². The van der Waals surface area contributed by atoms with Gasteiger partial charge in [0.25, 0.3) is 0 Å². The number of carbonyl (C=O) groups is 2. The van der Waals surface area contributed by atoms with Crippen molar-refractivity contribution in [3.8, 4) is 5.75 Å². The number of carboxylic acid groups (broad SMARTS) is 1. The van der Waals surface area contributed by atoms with Gasteiger partial charge in [0.1, 0.15) is 11.2 Å². The van der Waals surface area contributed by atoms with E-state index < -0.39 is 31.6 Å². The van der Waals surface area contributed by atoms with Gasteiger partial charge in [-0.15, -0.1) is 0 Å². The van der Waals surface area contributed by atoms with Crippen LogP contribution in [0.1, 0.15) is 77.9 Å². The second-order valence-corrected chi connectivity index (χ2v) is 16.7. The summed E-state index contributed by atoms with van der Waals surface area (Å²) < 4.78 is 18.8. The summed E-state index contributed by atoms with van der Waals surface area (Å²) in [6.07, 6.45) is 1.91. The van der Waals surface area contributed by atoms with Crippen LogP contribution in [0.3, 0.4) is 0 Å². The van der Waals surface area contributed by atoms with Crippen LogP contribution in [0.2, 0.25) is 18.1 Å². The number of ether oxygens (including phenoxy) is 2.